The van der Waals surface area contributed by atoms with Crippen molar-refractivity contribution >= 4 is 43.4 Å². The second-order valence-electron chi connectivity index (χ2n) is 13.5. The van der Waals surface area contributed by atoms with Crippen LogP contribution in [0.15, 0.2) is 155 Å². The molecule has 6 aromatic rings. The average Bonchev–Trinajstić information content (AvgIpc) is 3.26. The Kier molecular flexibility index (Phi) is 16.8. The Hall–Kier alpha value is -7.24. The zero-order valence-electron chi connectivity index (χ0n) is 34.3. The van der Waals surface area contributed by atoms with Gasteiger partial charge in [0, 0.05) is 22.5 Å². The first-order valence-corrected chi connectivity index (χ1v) is 22.2. The molecule has 0 bridgehead atoms. The van der Waals surface area contributed by atoms with Gasteiger partial charge < -0.3 is 33.9 Å². The number of aryl methyl sites for hydroxylation is 1. The third kappa shape index (κ3) is 15.0. The second-order valence-corrected chi connectivity index (χ2v) is 16.9. The van der Waals surface area contributed by atoms with Crippen LogP contribution in [0, 0.1) is 6.92 Å². The minimum absolute atomic E-state index is 0.114. The maximum Gasteiger partial charge on any atom is 0.307 e. The van der Waals surface area contributed by atoms with E-state index in [9.17, 15) is 26.4 Å². The van der Waals surface area contributed by atoms with E-state index in [1.807, 2.05) is 6.92 Å². The Morgan fingerprint density at radius 3 is 1.21 bits per heavy atom. The normalized spacial score (nSPS) is 11.0. The molecule has 6 aromatic carbocycles. The van der Waals surface area contributed by atoms with E-state index in [0.717, 1.165) is 5.56 Å². The minimum Gasteiger partial charge on any atom is -0.497 e. The summed E-state index contributed by atoms with van der Waals surface area (Å²) in [5.41, 5.74) is 2.99. The van der Waals surface area contributed by atoms with Gasteiger partial charge in [0.2, 0.25) is 0 Å². The van der Waals surface area contributed by atoms with Gasteiger partial charge in [-0.1, -0.05) is 54.1 Å². The smallest absolute Gasteiger partial charge is 0.307 e. The summed E-state index contributed by atoms with van der Waals surface area (Å²) in [6.07, 6.45) is -0.234. The fourth-order valence-electron chi connectivity index (χ4n) is 5.67. The van der Waals surface area contributed by atoms with Gasteiger partial charge in [-0.2, -0.15) is 0 Å². The Labute approximate surface area is 365 Å². The van der Waals surface area contributed by atoms with E-state index < -0.39 is 32.0 Å². The molecule has 0 fully saturated rings. The second kappa shape index (κ2) is 22.6. The highest BCUT2D eigenvalue weighted by molar-refractivity contribution is 7.93. The van der Waals surface area contributed by atoms with Gasteiger partial charge in [-0.25, -0.2) is 16.8 Å². The molecule has 63 heavy (non-hydrogen) atoms. The number of carboxylic acid groups (broad SMARTS) is 2. The summed E-state index contributed by atoms with van der Waals surface area (Å²) >= 11 is 0. The maximum absolute atomic E-state index is 12.5. The Morgan fingerprint density at radius 2 is 0.825 bits per heavy atom. The quantitative estimate of drug-likeness (QED) is 0.0517. The van der Waals surface area contributed by atoms with Crippen LogP contribution >= 0.6 is 0 Å². The highest BCUT2D eigenvalue weighted by Crippen LogP contribution is 2.24. The lowest BCUT2D eigenvalue weighted by atomic mass is 10.1. The molecule has 0 aliphatic carbocycles. The summed E-state index contributed by atoms with van der Waals surface area (Å²) in [4.78, 5) is 22.2. The Bertz CT molecular complexity index is 2640. The van der Waals surface area contributed by atoms with Crippen molar-refractivity contribution in [1.82, 2.24) is 0 Å². The van der Waals surface area contributed by atoms with Crippen molar-refractivity contribution in [3.8, 4) is 28.7 Å². The molecule has 0 aliphatic rings. The van der Waals surface area contributed by atoms with Gasteiger partial charge in [-0.15, -0.1) is 0 Å². The lowest BCUT2D eigenvalue weighted by Gasteiger charge is -2.12. The maximum atomic E-state index is 12.5. The zero-order valence-corrected chi connectivity index (χ0v) is 35.9. The minimum atomic E-state index is -3.72. The van der Waals surface area contributed by atoms with Crippen LogP contribution in [0.2, 0.25) is 0 Å². The van der Waals surface area contributed by atoms with Gasteiger partial charge in [0.1, 0.15) is 55.2 Å². The number of anilines is 2. The van der Waals surface area contributed by atoms with Crippen LogP contribution in [0.5, 0.6) is 28.7 Å². The SMILES string of the molecule is COc1ccc(S(=O)(=O)Nc2ccc(OCCOc3ccccc3CC(=O)O)cc2)cc1.Cc1ccc(S(=O)(=O)Nc2ccc(OCCOc3ccccc3CC(=O)O)cc2)cc1. The number of para-hydroxylation sites is 2. The number of carbonyl (C=O) groups is 2. The summed E-state index contributed by atoms with van der Waals surface area (Å²) < 4.78 is 82.4. The number of aliphatic carboxylic acids is 2. The first-order valence-electron chi connectivity index (χ1n) is 19.3. The molecule has 15 nitrogen and oxygen atoms in total. The van der Waals surface area contributed by atoms with Crippen molar-refractivity contribution in [2.45, 2.75) is 29.6 Å². The molecule has 330 valence electrons. The molecular weight excluding hydrogens is 853 g/mol. The van der Waals surface area contributed by atoms with Gasteiger partial charge in [0.15, 0.2) is 0 Å². The van der Waals surface area contributed by atoms with E-state index in [-0.39, 0.29) is 49.1 Å². The molecule has 0 saturated heterocycles. The van der Waals surface area contributed by atoms with Crippen molar-refractivity contribution in [2.75, 3.05) is 43.0 Å². The summed E-state index contributed by atoms with van der Waals surface area (Å²) in [6, 6.07) is 39.6. The molecule has 0 radical (unpaired) electrons. The number of rotatable bonds is 21. The molecule has 0 amide bonds. The summed E-state index contributed by atoms with van der Waals surface area (Å²) in [5, 5.41) is 17.9. The highest BCUT2D eigenvalue weighted by atomic mass is 32.2. The van der Waals surface area contributed by atoms with Crippen LogP contribution in [0.3, 0.4) is 0 Å². The third-order valence-electron chi connectivity index (χ3n) is 8.76. The van der Waals surface area contributed by atoms with E-state index in [4.69, 9.17) is 33.9 Å². The lowest BCUT2D eigenvalue weighted by Crippen LogP contribution is -2.13. The molecule has 0 saturated carbocycles. The Morgan fingerprint density at radius 1 is 0.476 bits per heavy atom. The number of hydrogen-bond acceptors (Lipinski definition) is 11. The van der Waals surface area contributed by atoms with Gasteiger partial charge in [0.05, 0.1) is 29.7 Å². The largest absolute Gasteiger partial charge is 0.497 e. The van der Waals surface area contributed by atoms with Crippen molar-refractivity contribution in [1.29, 1.82) is 0 Å². The average molecular weight is 899 g/mol. The van der Waals surface area contributed by atoms with Gasteiger partial charge in [0.25, 0.3) is 20.0 Å². The summed E-state index contributed by atoms with van der Waals surface area (Å²) in [5.74, 6) is 0.821. The number of hydrogen-bond donors (Lipinski definition) is 4. The summed E-state index contributed by atoms with van der Waals surface area (Å²) in [6.45, 7) is 2.83. The first kappa shape index (κ1) is 46.8. The van der Waals surface area contributed by atoms with E-state index in [0.29, 0.717) is 51.2 Å². The molecule has 6 rings (SSSR count). The predicted octanol–water partition coefficient (Wildman–Crippen LogP) is 7.46. The molecule has 0 unspecified atom stereocenters. The number of methoxy groups -OCH3 is 1. The summed E-state index contributed by atoms with van der Waals surface area (Å²) in [7, 11) is -5.87. The Balaban J connectivity index is 0.000000238. The van der Waals surface area contributed by atoms with Crippen LogP contribution in [-0.2, 0) is 42.5 Å². The number of nitrogens with one attached hydrogen (secondary N) is 2. The fourth-order valence-corrected chi connectivity index (χ4v) is 7.79. The first-order chi connectivity index (χ1) is 30.2. The molecule has 0 spiro atoms. The van der Waals surface area contributed by atoms with Gasteiger partial charge in [-0.05, 0) is 104 Å². The van der Waals surface area contributed by atoms with Crippen LogP contribution in [0.25, 0.3) is 0 Å². The van der Waals surface area contributed by atoms with Crippen LogP contribution in [-0.4, -0.2) is 72.5 Å². The highest BCUT2D eigenvalue weighted by Gasteiger charge is 2.16. The zero-order chi connectivity index (χ0) is 45.2. The van der Waals surface area contributed by atoms with E-state index in [1.54, 1.807) is 133 Å². The van der Waals surface area contributed by atoms with Crippen molar-refractivity contribution in [3.05, 3.63) is 162 Å². The van der Waals surface area contributed by atoms with Crippen LogP contribution in [0.4, 0.5) is 11.4 Å². The molecule has 0 aliphatic heterocycles. The van der Waals surface area contributed by atoms with Gasteiger partial charge in [-0.3, -0.25) is 19.0 Å². The molecular formula is C46H46N2O13S2. The monoisotopic (exact) mass is 898 g/mol. The fraction of sp³-hybridized carbons (Fsp3) is 0.174. The van der Waals surface area contributed by atoms with Crippen molar-refractivity contribution in [3.63, 3.8) is 0 Å². The molecule has 17 heteroatoms. The van der Waals surface area contributed by atoms with Crippen molar-refractivity contribution in [2.24, 2.45) is 0 Å². The number of benzene rings is 6. The van der Waals surface area contributed by atoms with Gasteiger partial charge >= 0.3 is 11.9 Å². The number of sulfonamides is 2. The standard InChI is InChI=1S/C23H23NO7S.C23H23NO6S/c1-29-19-10-12-21(13-11-19)32(27,28)24-18-6-8-20(9-7-18)30-14-15-31-22-5-3-2-4-17(22)16-23(25)26;1-17-6-12-21(13-7-17)31(27,28)24-19-8-10-20(11-9-19)29-14-15-30-22-5-3-2-4-18(22)16-23(25)26/h2-13,24H,14-16H2,1H3,(H,25,26);2-13,24H,14-16H2,1H3,(H,25,26). The molecule has 0 heterocycles. The molecule has 0 atom stereocenters. The number of carboxylic acids is 2. The van der Waals surface area contributed by atoms with E-state index in [2.05, 4.69) is 9.44 Å². The van der Waals surface area contributed by atoms with E-state index >= 15 is 0 Å². The van der Waals surface area contributed by atoms with Crippen molar-refractivity contribution < 1.29 is 60.3 Å². The van der Waals surface area contributed by atoms with Crippen LogP contribution in [0.1, 0.15) is 16.7 Å². The van der Waals surface area contributed by atoms with Crippen LogP contribution < -0.4 is 33.1 Å². The number of ether oxygens (including phenoxy) is 5. The molecule has 0 aromatic heterocycles. The molecule has 4 N–H and O–H groups in total. The topological polar surface area (TPSA) is 213 Å². The predicted molar refractivity (Wildman–Crippen MR) is 236 cm³/mol. The third-order valence-corrected chi connectivity index (χ3v) is 11.6. The van der Waals surface area contributed by atoms with E-state index in [1.165, 1.54) is 19.2 Å². The lowest BCUT2D eigenvalue weighted by molar-refractivity contribution is -0.137.